The standard InChI is InChI=1S/C13H15.C2H6Si.2BrH.Zr/c1-10(2)7-11-8-12-5-3-4-6-13(12)9-11;1-3-2;;;/h3-6,8-10H,7H2,1-2H3;1-2H3;2*1H;/q-1;;;;+3/p-2. The molecule has 0 unspecified atom stereocenters. The number of rotatable bonds is 2. The second-order valence-corrected chi connectivity index (χ2v) is 5.59. The number of benzene rings is 1. The van der Waals surface area contributed by atoms with Crippen molar-refractivity contribution in [3.63, 3.8) is 0 Å². The third-order valence-electron chi connectivity index (χ3n) is 2.32. The summed E-state index contributed by atoms with van der Waals surface area (Å²) < 4.78 is 0. The van der Waals surface area contributed by atoms with Crippen molar-refractivity contribution in [3.05, 3.63) is 42.0 Å². The summed E-state index contributed by atoms with van der Waals surface area (Å²) in [6, 6.07) is 13.2. The maximum absolute atomic E-state index is 2.30. The van der Waals surface area contributed by atoms with E-state index in [1.54, 1.807) is 0 Å². The second kappa shape index (κ2) is 13.9. The van der Waals surface area contributed by atoms with Gasteiger partial charge < -0.3 is 34.0 Å². The smallest absolute Gasteiger partial charge is 1.00 e. The molecule has 19 heavy (non-hydrogen) atoms. The van der Waals surface area contributed by atoms with E-state index in [4.69, 9.17) is 0 Å². The zero-order valence-electron chi connectivity index (χ0n) is 12.0. The van der Waals surface area contributed by atoms with E-state index in [0.717, 1.165) is 15.4 Å². The minimum absolute atomic E-state index is 0. The Morgan fingerprint density at radius 3 is 2.11 bits per heavy atom. The van der Waals surface area contributed by atoms with Crippen LogP contribution >= 0.6 is 0 Å². The molecule has 0 aromatic heterocycles. The number of hydrogen-bond acceptors (Lipinski definition) is 0. The summed E-state index contributed by atoms with van der Waals surface area (Å²) in [5.41, 5.74) is 1.47. The molecule has 4 heteroatoms. The van der Waals surface area contributed by atoms with Gasteiger partial charge in [-0.05, 0) is 12.3 Å². The fourth-order valence-corrected chi connectivity index (χ4v) is 1.80. The van der Waals surface area contributed by atoms with Gasteiger partial charge in [0.15, 0.2) is 0 Å². The van der Waals surface area contributed by atoms with Crippen LogP contribution in [0.4, 0.5) is 0 Å². The van der Waals surface area contributed by atoms with Crippen molar-refractivity contribution >= 4 is 20.3 Å². The normalized spacial score (nSPS) is 8.68. The van der Waals surface area contributed by atoms with Crippen molar-refractivity contribution in [3.8, 4) is 0 Å². The van der Waals surface area contributed by atoms with E-state index in [1.165, 1.54) is 22.8 Å². The molecule has 0 aliphatic carbocycles. The molecular weight excluding hydrogens is 459 g/mol. The Morgan fingerprint density at radius 2 is 1.63 bits per heavy atom. The minimum Gasteiger partial charge on any atom is -1.00 e. The molecule has 2 aromatic carbocycles. The van der Waals surface area contributed by atoms with Gasteiger partial charge in [-0.15, -0.1) is 40.6 Å². The van der Waals surface area contributed by atoms with Gasteiger partial charge in [0.05, 0.1) is 0 Å². The molecule has 3 radical (unpaired) electrons. The van der Waals surface area contributed by atoms with Gasteiger partial charge in [0.2, 0.25) is 0 Å². The summed E-state index contributed by atoms with van der Waals surface area (Å²) in [4.78, 5) is 0. The van der Waals surface area contributed by atoms with Gasteiger partial charge in [-0.2, -0.15) is 6.07 Å². The van der Waals surface area contributed by atoms with E-state index in [1.807, 2.05) is 0 Å². The van der Waals surface area contributed by atoms with E-state index < -0.39 is 0 Å². The summed E-state index contributed by atoms with van der Waals surface area (Å²) in [5.74, 6) is 0.747. The third kappa shape index (κ3) is 9.44. The summed E-state index contributed by atoms with van der Waals surface area (Å²) in [7, 11) is 1.08. The van der Waals surface area contributed by atoms with E-state index in [2.05, 4.69) is 63.3 Å². The average molecular weight is 480 g/mol. The summed E-state index contributed by atoms with van der Waals surface area (Å²) in [6.07, 6.45) is 1.19. The molecule has 0 aliphatic heterocycles. The summed E-state index contributed by atoms with van der Waals surface area (Å²) in [5, 5.41) is 2.75. The molecule has 103 valence electrons. The van der Waals surface area contributed by atoms with Crippen LogP contribution in [0.2, 0.25) is 13.1 Å². The van der Waals surface area contributed by atoms with E-state index >= 15 is 0 Å². The van der Waals surface area contributed by atoms with E-state index in [9.17, 15) is 0 Å². The van der Waals surface area contributed by atoms with Crippen LogP contribution in [-0.4, -0.2) is 9.52 Å². The van der Waals surface area contributed by atoms with Crippen molar-refractivity contribution < 1.29 is 60.2 Å². The Kier molecular flexibility index (Phi) is 18.1. The Balaban J connectivity index is -0.000000393. The molecule has 2 aromatic rings. The Hall–Kier alpha value is 0.890. The van der Waals surface area contributed by atoms with Crippen LogP contribution in [0.5, 0.6) is 0 Å². The predicted octanol–water partition coefficient (Wildman–Crippen LogP) is -1.45. The SMILES string of the molecule is CC(C)Cc1cc2ccccc2[cH-]1.C[Si]C.[Br-].[Br-].[Zr+3]. The van der Waals surface area contributed by atoms with Gasteiger partial charge in [0, 0.05) is 9.52 Å². The molecule has 0 nitrogen and oxygen atoms in total. The Morgan fingerprint density at radius 1 is 1.11 bits per heavy atom. The fraction of sp³-hybridized carbons (Fsp3) is 0.400. The van der Waals surface area contributed by atoms with Gasteiger partial charge >= 0.3 is 26.2 Å². The third-order valence-corrected chi connectivity index (χ3v) is 2.32. The average Bonchev–Trinajstić information content (AvgIpc) is 2.59. The topological polar surface area (TPSA) is 0 Å². The molecule has 0 atom stereocenters. The number of hydrogen-bond donors (Lipinski definition) is 0. The molecule has 0 bridgehead atoms. The molecule has 0 saturated carbocycles. The number of fused-ring (bicyclic) bond motifs is 1. The first-order valence-electron chi connectivity index (χ1n) is 5.90. The van der Waals surface area contributed by atoms with Crippen LogP contribution in [0, 0.1) is 5.92 Å². The van der Waals surface area contributed by atoms with Gasteiger partial charge in [-0.25, -0.2) is 0 Å². The van der Waals surface area contributed by atoms with Crippen LogP contribution in [0.1, 0.15) is 19.4 Å². The molecule has 0 N–H and O–H groups in total. The van der Waals surface area contributed by atoms with Crippen LogP contribution in [0.3, 0.4) is 0 Å². The van der Waals surface area contributed by atoms with Gasteiger partial charge in [0.1, 0.15) is 0 Å². The molecule has 0 fully saturated rings. The van der Waals surface area contributed by atoms with Crippen molar-refractivity contribution in [1.82, 2.24) is 0 Å². The van der Waals surface area contributed by atoms with E-state index in [-0.39, 0.29) is 60.2 Å². The molecule has 0 amide bonds. The molecule has 2 rings (SSSR count). The zero-order valence-corrected chi connectivity index (χ0v) is 18.6. The van der Waals surface area contributed by atoms with Gasteiger partial charge in [-0.1, -0.05) is 33.0 Å². The maximum atomic E-state index is 2.30. The van der Waals surface area contributed by atoms with Crippen molar-refractivity contribution in [2.24, 2.45) is 5.92 Å². The van der Waals surface area contributed by atoms with Crippen molar-refractivity contribution in [1.29, 1.82) is 0 Å². The quantitative estimate of drug-likeness (QED) is 0.365. The molecule has 0 spiro atoms. The van der Waals surface area contributed by atoms with Crippen LogP contribution in [0.15, 0.2) is 36.4 Å². The van der Waals surface area contributed by atoms with Crippen LogP contribution in [0.25, 0.3) is 10.8 Å². The first-order chi connectivity index (χ1) is 7.67. The fourth-order valence-electron chi connectivity index (χ4n) is 1.80. The summed E-state index contributed by atoms with van der Waals surface area (Å²) in [6.45, 7) is 8.83. The zero-order chi connectivity index (χ0) is 12.0. The Bertz CT molecular complexity index is 394. The minimum atomic E-state index is 0. The van der Waals surface area contributed by atoms with Gasteiger partial charge in [-0.3, -0.25) is 0 Å². The molecule has 0 saturated heterocycles. The predicted molar refractivity (Wildman–Crippen MR) is 75.6 cm³/mol. The monoisotopic (exact) mass is 477 g/mol. The molecular formula is C15H21Br2SiZr. The first kappa shape index (κ1) is 24.9. The molecule has 0 aliphatic rings. The number of halogens is 2. The Labute approximate surface area is 160 Å². The van der Waals surface area contributed by atoms with Crippen molar-refractivity contribution in [2.45, 2.75) is 33.4 Å². The second-order valence-electron chi connectivity index (χ2n) is 4.59. The maximum Gasteiger partial charge on any atom is 3.00 e. The van der Waals surface area contributed by atoms with Gasteiger partial charge in [0.25, 0.3) is 0 Å². The van der Waals surface area contributed by atoms with Crippen LogP contribution < -0.4 is 34.0 Å². The van der Waals surface area contributed by atoms with Crippen LogP contribution in [-0.2, 0) is 32.6 Å². The molecule has 0 heterocycles. The largest absolute Gasteiger partial charge is 3.00 e. The van der Waals surface area contributed by atoms with E-state index in [0.29, 0.717) is 0 Å². The van der Waals surface area contributed by atoms with Crippen molar-refractivity contribution in [2.75, 3.05) is 0 Å². The summed E-state index contributed by atoms with van der Waals surface area (Å²) >= 11 is 0. The first-order valence-corrected chi connectivity index (χ1v) is 7.90.